The van der Waals surface area contributed by atoms with Crippen molar-refractivity contribution in [1.29, 1.82) is 0 Å². The summed E-state index contributed by atoms with van der Waals surface area (Å²) in [7, 11) is 0. The van der Waals surface area contributed by atoms with E-state index in [1.807, 2.05) is 36.4 Å². The molecule has 4 heterocycles. The maximum atomic E-state index is 6.40. The molecule has 3 aliphatic rings. The molecule has 0 atom stereocenters. The third-order valence-corrected chi connectivity index (χ3v) is 9.86. The molecule has 3 nitrogen and oxygen atoms in total. The minimum atomic E-state index is 0.683. The van der Waals surface area contributed by atoms with Crippen LogP contribution in [0.15, 0.2) is 191 Å². The first kappa shape index (κ1) is 31.0. The maximum absolute atomic E-state index is 6.40. The number of aliphatic imine (C=N–C) groups is 2. The molecule has 0 unspecified atom stereocenters. The van der Waals surface area contributed by atoms with E-state index in [4.69, 9.17) is 33.2 Å². The first-order valence-electron chi connectivity index (χ1n) is 16.8. The molecule has 0 fully saturated rings. The fourth-order valence-electron chi connectivity index (χ4n) is 7.05. The molecule has 6 aromatic rings. The summed E-state index contributed by atoms with van der Waals surface area (Å²) in [6.45, 7) is 0. The molecule has 0 spiro atoms. The summed E-state index contributed by atoms with van der Waals surface area (Å²) < 4.78 is 0. The molecule has 5 aromatic carbocycles. The first-order valence-corrected chi connectivity index (χ1v) is 17.5. The summed E-state index contributed by atoms with van der Waals surface area (Å²) in [4.78, 5) is 14.5. The van der Waals surface area contributed by atoms with Crippen molar-refractivity contribution in [3.05, 3.63) is 235 Å². The monoisotopic (exact) mass is 693 g/mol. The smallest absolute Gasteiger partial charge is 0.0737 e. The van der Waals surface area contributed by atoms with Crippen LogP contribution >= 0.6 is 23.2 Å². The highest BCUT2D eigenvalue weighted by molar-refractivity contribution is 6.32. The number of nitrogens with one attached hydrogen (secondary N) is 1. The van der Waals surface area contributed by atoms with Crippen molar-refractivity contribution in [3.63, 3.8) is 0 Å². The van der Waals surface area contributed by atoms with E-state index >= 15 is 0 Å². The van der Waals surface area contributed by atoms with Crippen molar-refractivity contribution in [2.45, 2.75) is 0 Å². The fourth-order valence-corrected chi connectivity index (χ4v) is 7.30. The van der Waals surface area contributed by atoms with Crippen molar-refractivity contribution in [3.8, 4) is 0 Å². The van der Waals surface area contributed by atoms with Crippen molar-refractivity contribution in [2.75, 3.05) is 0 Å². The molecule has 9 rings (SSSR count). The Balaban J connectivity index is 1.42. The Bertz CT molecular complexity index is 2470. The van der Waals surface area contributed by atoms with Gasteiger partial charge in [0.05, 0.1) is 22.8 Å². The predicted molar refractivity (Wildman–Crippen MR) is 212 cm³/mol. The van der Waals surface area contributed by atoms with Crippen LogP contribution in [-0.4, -0.2) is 16.4 Å². The van der Waals surface area contributed by atoms with Crippen LogP contribution in [0.2, 0.25) is 10.0 Å². The number of fused-ring (bicyclic) bond motifs is 6. The molecule has 51 heavy (non-hydrogen) atoms. The lowest BCUT2D eigenvalue weighted by Gasteiger charge is -2.15. The fraction of sp³-hybridized carbons (Fsp3) is 0. The topological polar surface area (TPSA) is 40.5 Å². The Hall–Kier alpha value is -6.00. The van der Waals surface area contributed by atoms with E-state index in [0.717, 1.165) is 89.2 Å². The number of allylic oxidation sites excluding steroid dienone is 4. The molecular weight excluding hydrogens is 665 g/mol. The number of rotatable bonds is 4. The van der Waals surface area contributed by atoms with Crippen LogP contribution in [-0.2, 0) is 0 Å². The van der Waals surface area contributed by atoms with Gasteiger partial charge >= 0.3 is 0 Å². The first-order chi connectivity index (χ1) is 25.1. The second-order valence-electron chi connectivity index (χ2n) is 12.5. The quantitative estimate of drug-likeness (QED) is 0.191. The molecule has 0 radical (unpaired) electrons. The molecule has 0 saturated carbocycles. The highest BCUT2D eigenvalue weighted by atomic mass is 35.5. The van der Waals surface area contributed by atoms with Crippen LogP contribution in [0.4, 0.5) is 0 Å². The van der Waals surface area contributed by atoms with Gasteiger partial charge in [0.2, 0.25) is 0 Å². The van der Waals surface area contributed by atoms with E-state index in [1.165, 1.54) is 0 Å². The van der Waals surface area contributed by atoms with Gasteiger partial charge in [-0.25, -0.2) is 9.98 Å². The van der Waals surface area contributed by atoms with Gasteiger partial charge in [-0.3, -0.25) is 0 Å². The lowest BCUT2D eigenvalue weighted by molar-refractivity contribution is 1.25. The molecule has 8 bridgehead atoms. The van der Waals surface area contributed by atoms with E-state index in [2.05, 4.69) is 138 Å². The van der Waals surface area contributed by atoms with Gasteiger partial charge in [-0.05, 0) is 100 Å². The normalized spacial score (nSPS) is 15.1. The summed E-state index contributed by atoms with van der Waals surface area (Å²) in [6, 6.07) is 49.8. The predicted octanol–water partition coefficient (Wildman–Crippen LogP) is 9.97. The lowest BCUT2D eigenvalue weighted by Crippen LogP contribution is -2.21. The Labute approximate surface area is 306 Å². The molecule has 0 amide bonds. The van der Waals surface area contributed by atoms with Crippen molar-refractivity contribution >= 4 is 56.9 Å². The van der Waals surface area contributed by atoms with E-state index in [-0.39, 0.29) is 0 Å². The van der Waals surface area contributed by atoms with E-state index in [0.29, 0.717) is 10.0 Å². The number of benzene rings is 5. The van der Waals surface area contributed by atoms with Gasteiger partial charge in [0, 0.05) is 43.0 Å². The number of H-pyrrole nitrogens is 1. The second kappa shape index (κ2) is 13.0. The zero-order valence-electron chi connectivity index (χ0n) is 27.3. The Morgan fingerprint density at radius 2 is 0.745 bits per heavy atom. The van der Waals surface area contributed by atoms with E-state index in [1.54, 1.807) is 0 Å². The molecule has 5 heteroatoms. The number of aromatic nitrogens is 1. The molecule has 1 N–H and O–H groups in total. The summed E-state index contributed by atoms with van der Waals surface area (Å²) in [5.74, 6) is 0. The SMILES string of the molecule is Clc1ccc(C2=C3C=CC(=N3)C(c3ccccc3)=c3ccc([nH]3)=C(c3ccccc3)C3=NC(=C(c4ccc(Cl)cc4)c4cccc2c4)C=C3)cc1. The lowest BCUT2D eigenvalue weighted by atomic mass is 9.90. The third-order valence-electron chi connectivity index (χ3n) is 9.36. The number of hydrogen-bond acceptors (Lipinski definition) is 2. The summed E-state index contributed by atoms with van der Waals surface area (Å²) in [5.41, 5.74) is 13.8. The van der Waals surface area contributed by atoms with Crippen LogP contribution in [0.25, 0.3) is 22.3 Å². The molecule has 3 aliphatic heterocycles. The van der Waals surface area contributed by atoms with Crippen molar-refractivity contribution < 1.29 is 0 Å². The number of nitrogens with zero attached hydrogens (tertiary/aromatic N) is 2. The molecule has 1 aromatic heterocycles. The third kappa shape index (κ3) is 5.87. The van der Waals surface area contributed by atoms with Gasteiger partial charge in [0.25, 0.3) is 0 Å². The zero-order chi connectivity index (χ0) is 34.3. The summed E-state index contributed by atoms with van der Waals surface area (Å²) >= 11 is 12.8. The number of aromatic amines is 1. The number of halogens is 2. The van der Waals surface area contributed by atoms with Gasteiger partial charge < -0.3 is 4.98 Å². The second-order valence-corrected chi connectivity index (χ2v) is 13.4. The van der Waals surface area contributed by atoms with Gasteiger partial charge in [-0.15, -0.1) is 0 Å². The average Bonchev–Trinajstić information content (AvgIpc) is 3.95. The molecular formula is C46H29Cl2N3. The summed E-state index contributed by atoms with van der Waals surface area (Å²) in [5, 5.41) is 3.30. The van der Waals surface area contributed by atoms with Gasteiger partial charge in [0.1, 0.15) is 0 Å². The minimum absolute atomic E-state index is 0.683. The number of hydrogen-bond donors (Lipinski definition) is 1. The van der Waals surface area contributed by atoms with Gasteiger partial charge in [0.15, 0.2) is 0 Å². The Morgan fingerprint density at radius 3 is 1.18 bits per heavy atom. The molecule has 0 saturated heterocycles. The molecule has 242 valence electrons. The van der Waals surface area contributed by atoms with Crippen molar-refractivity contribution in [1.82, 2.24) is 4.98 Å². The van der Waals surface area contributed by atoms with Crippen LogP contribution < -0.4 is 10.7 Å². The van der Waals surface area contributed by atoms with Crippen LogP contribution in [0.1, 0.15) is 33.4 Å². The highest BCUT2D eigenvalue weighted by Gasteiger charge is 2.22. The standard InChI is InChI=1S/C46H29Cl2N3/c47-35-18-14-31(15-19-35)43-33-12-7-13-34(28-33)44(32-16-20-36(48)21-17-32)38-23-25-40(50-38)46(30-10-5-2-6-11-30)42-27-26-41(51-42)45(29-8-3-1-4-9-29)39-24-22-37(43)49-39/h1-28,51H. The largest absolute Gasteiger partial charge is 0.354 e. The molecule has 0 aliphatic carbocycles. The maximum Gasteiger partial charge on any atom is 0.0737 e. The minimum Gasteiger partial charge on any atom is -0.354 e. The zero-order valence-corrected chi connectivity index (χ0v) is 28.8. The van der Waals surface area contributed by atoms with Crippen molar-refractivity contribution in [2.24, 2.45) is 9.98 Å². The Morgan fingerprint density at radius 1 is 0.353 bits per heavy atom. The highest BCUT2D eigenvalue weighted by Crippen LogP contribution is 2.37. The van der Waals surface area contributed by atoms with Gasteiger partial charge in [-0.1, -0.05) is 126 Å². The van der Waals surface area contributed by atoms with Crippen LogP contribution in [0, 0.1) is 0 Å². The Kier molecular flexibility index (Phi) is 7.93. The van der Waals surface area contributed by atoms with Crippen LogP contribution in [0.3, 0.4) is 0 Å². The summed E-state index contributed by atoms with van der Waals surface area (Å²) in [6.07, 6.45) is 8.47. The van der Waals surface area contributed by atoms with E-state index < -0.39 is 0 Å². The van der Waals surface area contributed by atoms with Crippen LogP contribution in [0.5, 0.6) is 0 Å². The van der Waals surface area contributed by atoms with E-state index in [9.17, 15) is 0 Å². The average molecular weight is 695 g/mol. The van der Waals surface area contributed by atoms with Gasteiger partial charge in [-0.2, -0.15) is 0 Å².